The lowest BCUT2D eigenvalue weighted by Gasteiger charge is -2.12. The molecular formula is C11H16ClN5O3S. The van der Waals surface area contributed by atoms with Crippen LogP contribution in [0.1, 0.15) is 0 Å². The number of hydrogen-bond donors (Lipinski definition) is 4. The highest BCUT2D eigenvalue weighted by Crippen LogP contribution is 2.08. The Morgan fingerprint density at radius 1 is 1.52 bits per heavy atom. The third-order valence-electron chi connectivity index (χ3n) is 2.08. The molecule has 8 nitrogen and oxygen atoms in total. The monoisotopic (exact) mass is 333 g/mol. The highest BCUT2D eigenvalue weighted by atomic mass is 35.5. The number of aromatic nitrogens is 1. The van der Waals surface area contributed by atoms with Crippen molar-refractivity contribution in [3.05, 3.63) is 45.5 Å². The van der Waals surface area contributed by atoms with Gasteiger partial charge in [0.2, 0.25) is 0 Å². The van der Waals surface area contributed by atoms with Gasteiger partial charge in [0.25, 0.3) is 6.20 Å². The molecule has 0 radical (unpaired) electrons. The van der Waals surface area contributed by atoms with Crippen LogP contribution in [-0.4, -0.2) is 39.7 Å². The van der Waals surface area contributed by atoms with E-state index in [2.05, 4.69) is 21.2 Å². The minimum Gasteiger partial charge on any atom is -0.396 e. The van der Waals surface area contributed by atoms with Crippen LogP contribution in [0.3, 0.4) is 0 Å². The van der Waals surface area contributed by atoms with Gasteiger partial charge in [-0.15, -0.1) is 0 Å². The van der Waals surface area contributed by atoms with Crippen molar-refractivity contribution in [2.45, 2.75) is 0 Å². The first-order valence-electron chi connectivity index (χ1n) is 6.03. The van der Waals surface area contributed by atoms with E-state index in [1.165, 1.54) is 6.20 Å². The van der Waals surface area contributed by atoms with E-state index in [9.17, 15) is 10.1 Å². The number of anilines is 1. The molecule has 0 aromatic carbocycles. The summed E-state index contributed by atoms with van der Waals surface area (Å²) in [6.07, 6.45) is 2.28. The molecule has 0 fully saturated rings. The van der Waals surface area contributed by atoms with Gasteiger partial charge in [0.05, 0.1) is 16.6 Å². The van der Waals surface area contributed by atoms with Crippen molar-refractivity contribution < 1.29 is 10.0 Å². The summed E-state index contributed by atoms with van der Waals surface area (Å²) in [4.78, 5) is 14.0. The highest BCUT2D eigenvalue weighted by molar-refractivity contribution is 7.99. The molecular weight excluding hydrogens is 318 g/mol. The summed E-state index contributed by atoms with van der Waals surface area (Å²) in [6.45, 7) is 0.636. The number of pyridine rings is 1. The second kappa shape index (κ2) is 10.1. The molecule has 0 atom stereocenters. The number of nitro groups is 1. The Hall–Kier alpha value is -1.71. The molecule has 0 aliphatic rings. The Labute approximate surface area is 131 Å². The summed E-state index contributed by atoms with van der Waals surface area (Å²) in [5, 5.41) is 22.6. The van der Waals surface area contributed by atoms with Gasteiger partial charge in [-0.25, -0.2) is 4.98 Å². The Kier molecular flexibility index (Phi) is 8.32. The van der Waals surface area contributed by atoms with Gasteiger partial charge in [-0.2, -0.15) is 11.8 Å². The van der Waals surface area contributed by atoms with Crippen molar-refractivity contribution in [2.75, 3.05) is 30.1 Å². The number of thioether (sulfide) groups is 1. The van der Waals surface area contributed by atoms with E-state index in [0.717, 1.165) is 12.0 Å². The standard InChI is InChI=1S/C11H16ClN5O3S/c12-9-1-2-10(14-7-9)15-16-11(8-17(19)20)13-3-5-21-6-4-18/h1-2,7-8,13,16,18H,3-6H2,(H,14,15)/b11-8-. The Balaban J connectivity index is 2.43. The van der Waals surface area contributed by atoms with E-state index in [-0.39, 0.29) is 12.4 Å². The average molecular weight is 334 g/mol. The molecule has 21 heavy (non-hydrogen) atoms. The predicted octanol–water partition coefficient (Wildman–Crippen LogP) is 1.04. The lowest BCUT2D eigenvalue weighted by molar-refractivity contribution is -0.404. The molecule has 4 N–H and O–H groups in total. The van der Waals surface area contributed by atoms with Crippen molar-refractivity contribution in [3.63, 3.8) is 0 Å². The smallest absolute Gasteiger partial charge is 0.275 e. The molecule has 1 heterocycles. The third kappa shape index (κ3) is 8.23. The maximum atomic E-state index is 10.6. The zero-order chi connectivity index (χ0) is 15.5. The van der Waals surface area contributed by atoms with Gasteiger partial charge in [-0.1, -0.05) is 11.6 Å². The fourth-order valence-corrected chi connectivity index (χ4v) is 1.92. The van der Waals surface area contributed by atoms with Crippen molar-refractivity contribution in [2.24, 2.45) is 0 Å². The molecule has 0 spiro atoms. The predicted molar refractivity (Wildman–Crippen MR) is 83.5 cm³/mol. The number of hydrazine groups is 1. The van der Waals surface area contributed by atoms with Gasteiger partial charge in [0.15, 0.2) is 5.82 Å². The Morgan fingerprint density at radius 3 is 2.95 bits per heavy atom. The summed E-state index contributed by atoms with van der Waals surface area (Å²) in [6, 6.07) is 3.28. The lowest BCUT2D eigenvalue weighted by atomic mass is 10.5. The van der Waals surface area contributed by atoms with Crippen molar-refractivity contribution >= 4 is 29.2 Å². The van der Waals surface area contributed by atoms with E-state index >= 15 is 0 Å². The topological polar surface area (TPSA) is 112 Å². The number of rotatable bonds is 10. The summed E-state index contributed by atoms with van der Waals surface area (Å²) in [5.41, 5.74) is 5.40. The van der Waals surface area contributed by atoms with Crippen LogP contribution >= 0.6 is 23.4 Å². The van der Waals surface area contributed by atoms with Crippen molar-refractivity contribution in [1.29, 1.82) is 0 Å². The van der Waals surface area contributed by atoms with Crippen molar-refractivity contribution in [3.8, 4) is 0 Å². The number of aliphatic hydroxyl groups is 1. The van der Waals surface area contributed by atoms with Gasteiger partial charge >= 0.3 is 0 Å². The minimum absolute atomic E-state index is 0.115. The normalized spacial score (nSPS) is 11.0. The number of nitrogens with zero attached hydrogens (tertiary/aromatic N) is 2. The summed E-state index contributed by atoms with van der Waals surface area (Å²) in [5.74, 6) is 2.04. The molecule has 1 aromatic heterocycles. The van der Waals surface area contributed by atoms with Crippen LogP contribution in [-0.2, 0) is 0 Å². The molecule has 0 saturated carbocycles. The molecule has 1 rings (SSSR count). The first kappa shape index (κ1) is 17.3. The van der Waals surface area contributed by atoms with Gasteiger partial charge in [-0.3, -0.25) is 21.0 Å². The molecule has 1 aromatic rings. The molecule has 0 unspecified atom stereocenters. The number of nitrogens with one attached hydrogen (secondary N) is 3. The second-order valence-electron chi connectivity index (χ2n) is 3.70. The van der Waals surface area contributed by atoms with Crippen LogP contribution in [0.15, 0.2) is 30.4 Å². The maximum absolute atomic E-state index is 10.6. The molecule has 0 amide bonds. The molecule has 10 heteroatoms. The fourth-order valence-electron chi connectivity index (χ4n) is 1.23. The lowest BCUT2D eigenvalue weighted by Crippen LogP contribution is -2.33. The molecule has 0 bridgehead atoms. The quantitative estimate of drug-likeness (QED) is 0.285. The Bertz CT molecular complexity index is 471. The maximum Gasteiger partial charge on any atom is 0.275 e. The zero-order valence-corrected chi connectivity index (χ0v) is 12.7. The molecule has 0 saturated heterocycles. The van der Waals surface area contributed by atoms with Gasteiger partial charge in [0, 0.05) is 24.2 Å². The second-order valence-corrected chi connectivity index (χ2v) is 5.36. The SMILES string of the molecule is O=[N+]([O-])/C=C(/NCCSCCO)NNc1ccc(Cl)cn1. The van der Waals surface area contributed by atoms with E-state index in [1.54, 1.807) is 23.9 Å². The van der Waals surface area contributed by atoms with Gasteiger partial charge in [0.1, 0.15) is 5.82 Å². The van der Waals surface area contributed by atoms with Crippen LogP contribution in [0.4, 0.5) is 5.82 Å². The van der Waals surface area contributed by atoms with Crippen LogP contribution < -0.4 is 16.2 Å². The summed E-state index contributed by atoms with van der Waals surface area (Å²) < 4.78 is 0. The van der Waals surface area contributed by atoms with Crippen molar-refractivity contribution in [1.82, 2.24) is 15.7 Å². The number of halogens is 1. The molecule has 116 valence electrons. The Morgan fingerprint density at radius 2 is 2.33 bits per heavy atom. The van der Waals surface area contributed by atoms with Crippen LogP contribution in [0.2, 0.25) is 5.02 Å². The number of hydrogen-bond acceptors (Lipinski definition) is 8. The first-order chi connectivity index (χ1) is 10.1. The number of aliphatic hydroxyl groups excluding tert-OH is 1. The molecule has 0 aliphatic heterocycles. The fraction of sp³-hybridized carbons (Fsp3) is 0.364. The zero-order valence-electron chi connectivity index (χ0n) is 11.1. The van der Waals surface area contributed by atoms with Gasteiger partial charge in [-0.05, 0) is 12.1 Å². The molecule has 0 aliphatic carbocycles. The highest BCUT2D eigenvalue weighted by Gasteiger charge is 2.02. The first-order valence-corrected chi connectivity index (χ1v) is 7.56. The third-order valence-corrected chi connectivity index (χ3v) is 3.27. The van der Waals surface area contributed by atoms with E-state index in [1.807, 2.05) is 0 Å². The van der Waals surface area contributed by atoms with Crippen LogP contribution in [0.25, 0.3) is 0 Å². The minimum atomic E-state index is -0.562. The summed E-state index contributed by atoms with van der Waals surface area (Å²) >= 11 is 7.25. The van der Waals surface area contributed by atoms with Gasteiger partial charge < -0.3 is 10.4 Å². The largest absolute Gasteiger partial charge is 0.396 e. The van der Waals surface area contributed by atoms with E-state index < -0.39 is 4.92 Å². The van der Waals surface area contributed by atoms with E-state index in [4.69, 9.17) is 16.7 Å². The average Bonchev–Trinajstić information content (AvgIpc) is 2.45. The van der Waals surface area contributed by atoms with Crippen LogP contribution in [0, 0.1) is 10.1 Å². The van der Waals surface area contributed by atoms with E-state index in [0.29, 0.717) is 23.1 Å². The summed E-state index contributed by atoms with van der Waals surface area (Å²) in [7, 11) is 0. The van der Waals surface area contributed by atoms with Crippen LogP contribution in [0.5, 0.6) is 0 Å².